The first kappa shape index (κ1) is 14.4. The van der Waals surface area contributed by atoms with Crippen molar-refractivity contribution in [3.63, 3.8) is 0 Å². The Morgan fingerprint density at radius 3 is 2.12 bits per heavy atom. The molecule has 1 unspecified atom stereocenters. The van der Waals surface area contributed by atoms with Gasteiger partial charge in [0.25, 0.3) is 0 Å². The minimum Gasteiger partial charge on any atom is -0.462 e. The van der Waals surface area contributed by atoms with Crippen LogP contribution in [-0.4, -0.2) is 29.9 Å². The smallest absolute Gasteiger partial charge is 0.335 e. The number of aliphatic hydroxyl groups is 1. The Kier molecular flexibility index (Phi) is 6.10. The molecule has 0 aliphatic carbocycles. The fourth-order valence-electron chi connectivity index (χ4n) is 0.659. The molecule has 0 aromatic carbocycles. The lowest BCUT2D eigenvalue weighted by Gasteiger charge is -2.11. The van der Waals surface area contributed by atoms with E-state index >= 15 is 0 Å². The molecule has 0 saturated heterocycles. The van der Waals surface area contributed by atoms with E-state index in [4.69, 9.17) is 4.74 Å². The molecular formula is C11H16O5. The molecule has 5 nitrogen and oxygen atoms in total. The van der Waals surface area contributed by atoms with Gasteiger partial charge in [-0.05, 0) is 13.8 Å². The van der Waals surface area contributed by atoms with Gasteiger partial charge in [0.1, 0.15) is 0 Å². The van der Waals surface area contributed by atoms with Gasteiger partial charge < -0.3 is 14.6 Å². The molecule has 0 spiro atoms. The van der Waals surface area contributed by atoms with E-state index < -0.39 is 18.2 Å². The van der Waals surface area contributed by atoms with Crippen molar-refractivity contribution in [3.8, 4) is 0 Å². The standard InChI is InChI=1S/C11H16O5/c1-7(2)10(13)15-6-5-9(12)16-11(14)8(3)4/h9,12H,1,3,5-6H2,2,4H3. The lowest BCUT2D eigenvalue weighted by molar-refractivity contribution is -0.166. The van der Waals surface area contributed by atoms with Gasteiger partial charge in [-0.3, -0.25) is 0 Å². The molecular weight excluding hydrogens is 212 g/mol. The first-order valence-electron chi connectivity index (χ1n) is 4.71. The molecule has 5 heteroatoms. The lowest BCUT2D eigenvalue weighted by Crippen LogP contribution is -2.20. The predicted octanol–water partition coefficient (Wildman–Crippen LogP) is 0.933. The van der Waals surface area contributed by atoms with E-state index in [0.717, 1.165) is 0 Å². The number of esters is 2. The summed E-state index contributed by atoms with van der Waals surface area (Å²) in [6, 6.07) is 0. The molecule has 0 bridgehead atoms. The van der Waals surface area contributed by atoms with Crippen LogP contribution < -0.4 is 0 Å². The summed E-state index contributed by atoms with van der Waals surface area (Å²) in [5, 5.41) is 9.22. The molecule has 16 heavy (non-hydrogen) atoms. The molecule has 0 heterocycles. The summed E-state index contributed by atoms with van der Waals surface area (Å²) in [6.07, 6.45) is -1.29. The normalized spacial score (nSPS) is 11.4. The van der Waals surface area contributed by atoms with Gasteiger partial charge in [0, 0.05) is 17.6 Å². The first-order chi connectivity index (χ1) is 7.34. The van der Waals surface area contributed by atoms with Crippen molar-refractivity contribution in [2.24, 2.45) is 0 Å². The van der Waals surface area contributed by atoms with Crippen molar-refractivity contribution in [2.75, 3.05) is 6.61 Å². The van der Waals surface area contributed by atoms with Crippen LogP contribution in [0.25, 0.3) is 0 Å². The molecule has 0 fully saturated rings. The number of carbonyl (C=O) groups excluding carboxylic acids is 2. The Bertz CT molecular complexity index is 305. The SMILES string of the molecule is C=C(C)C(=O)OCCC(O)OC(=O)C(=C)C. The number of ether oxygens (including phenoxy) is 2. The van der Waals surface area contributed by atoms with Crippen LogP contribution >= 0.6 is 0 Å². The second kappa shape index (κ2) is 6.79. The van der Waals surface area contributed by atoms with Crippen molar-refractivity contribution in [1.82, 2.24) is 0 Å². The molecule has 0 rings (SSSR count). The van der Waals surface area contributed by atoms with E-state index in [1.54, 1.807) is 0 Å². The maximum atomic E-state index is 11.0. The highest BCUT2D eigenvalue weighted by Crippen LogP contribution is 2.01. The summed E-state index contributed by atoms with van der Waals surface area (Å²) < 4.78 is 9.26. The largest absolute Gasteiger partial charge is 0.462 e. The summed E-state index contributed by atoms with van der Waals surface area (Å²) in [6.45, 7) is 9.68. The average Bonchev–Trinajstić information content (AvgIpc) is 2.16. The average molecular weight is 228 g/mol. The minimum absolute atomic E-state index is 0.0119. The van der Waals surface area contributed by atoms with E-state index in [9.17, 15) is 14.7 Å². The van der Waals surface area contributed by atoms with Gasteiger partial charge in [-0.25, -0.2) is 9.59 Å². The second-order valence-electron chi connectivity index (χ2n) is 3.35. The van der Waals surface area contributed by atoms with Crippen LogP contribution in [0.2, 0.25) is 0 Å². The van der Waals surface area contributed by atoms with Crippen LogP contribution in [0.1, 0.15) is 20.3 Å². The Hall–Kier alpha value is -1.62. The Morgan fingerprint density at radius 1 is 1.19 bits per heavy atom. The van der Waals surface area contributed by atoms with E-state index in [1.807, 2.05) is 0 Å². The van der Waals surface area contributed by atoms with Gasteiger partial charge >= 0.3 is 11.9 Å². The maximum absolute atomic E-state index is 11.0. The molecule has 0 aliphatic rings. The predicted molar refractivity (Wildman–Crippen MR) is 57.3 cm³/mol. The number of rotatable bonds is 6. The molecule has 1 N–H and O–H groups in total. The van der Waals surface area contributed by atoms with E-state index in [0.29, 0.717) is 0 Å². The fourth-order valence-corrected chi connectivity index (χ4v) is 0.659. The van der Waals surface area contributed by atoms with Crippen LogP contribution in [0.5, 0.6) is 0 Å². The van der Waals surface area contributed by atoms with E-state index in [2.05, 4.69) is 17.9 Å². The number of aliphatic hydroxyl groups excluding tert-OH is 1. The van der Waals surface area contributed by atoms with Crippen molar-refractivity contribution in [3.05, 3.63) is 24.3 Å². The van der Waals surface area contributed by atoms with Crippen molar-refractivity contribution >= 4 is 11.9 Å². The van der Waals surface area contributed by atoms with Crippen LogP contribution in [0.4, 0.5) is 0 Å². The van der Waals surface area contributed by atoms with Crippen molar-refractivity contribution < 1.29 is 24.2 Å². The van der Waals surface area contributed by atoms with Crippen LogP contribution in [0, 0.1) is 0 Å². The van der Waals surface area contributed by atoms with Gasteiger partial charge in [-0.1, -0.05) is 13.2 Å². The zero-order chi connectivity index (χ0) is 12.7. The molecule has 1 atom stereocenters. The summed E-state index contributed by atoms with van der Waals surface area (Å²) >= 11 is 0. The van der Waals surface area contributed by atoms with Gasteiger partial charge in [0.2, 0.25) is 6.29 Å². The van der Waals surface area contributed by atoms with Gasteiger partial charge in [0.05, 0.1) is 6.61 Å². The zero-order valence-electron chi connectivity index (χ0n) is 9.49. The van der Waals surface area contributed by atoms with Crippen LogP contribution in [-0.2, 0) is 19.1 Å². The third-order valence-corrected chi connectivity index (χ3v) is 1.54. The van der Waals surface area contributed by atoms with Crippen molar-refractivity contribution in [2.45, 2.75) is 26.6 Å². The quantitative estimate of drug-likeness (QED) is 0.416. The van der Waals surface area contributed by atoms with Crippen molar-refractivity contribution in [1.29, 1.82) is 0 Å². The highest BCUT2D eigenvalue weighted by Gasteiger charge is 2.12. The number of hydrogen-bond acceptors (Lipinski definition) is 5. The number of hydrogen-bond donors (Lipinski definition) is 1. The van der Waals surface area contributed by atoms with Crippen LogP contribution in [0.15, 0.2) is 24.3 Å². The molecule has 0 aromatic rings. The monoisotopic (exact) mass is 228 g/mol. The zero-order valence-corrected chi connectivity index (χ0v) is 9.49. The third kappa shape index (κ3) is 5.98. The highest BCUT2D eigenvalue weighted by atomic mass is 16.6. The summed E-state index contributed by atoms with van der Waals surface area (Å²) in [7, 11) is 0. The molecule has 0 saturated carbocycles. The fraction of sp³-hybridized carbons (Fsp3) is 0.455. The van der Waals surface area contributed by atoms with E-state index in [-0.39, 0.29) is 24.2 Å². The van der Waals surface area contributed by atoms with Gasteiger partial charge in [-0.2, -0.15) is 0 Å². The van der Waals surface area contributed by atoms with Gasteiger partial charge in [-0.15, -0.1) is 0 Å². The first-order valence-corrected chi connectivity index (χ1v) is 4.71. The Balaban J connectivity index is 3.78. The Labute approximate surface area is 94.4 Å². The topological polar surface area (TPSA) is 72.8 Å². The van der Waals surface area contributed by atoms with Crippen LogP contribution in [0.3, 0.4) is 0 Å². The van der Waals surface area contributed by atoms with Gasteiger partial charge in [0.15, 0.2) is 0 Å². The third-order valence-electron chi connectivity index (χ3n) is 1.54. The summed E-state index contributed by atoms with van der Waals surface area (Å²) in [4.78, 5) is 21.9. The lowest BCUT2D eigenvalue weighted by atomic mass is 10.3. The molecule has 90 valence electrons. The summed E-state index contributed by atoms with van der Waals surface area (Å²) in [5.74, 6) is -1.22. The molecule has 0 aliphatic heterocycles. The summed E-state index contributed by atoms with van der Waals surface area (Å²) in [5.41, 5.74) is 0.464. The second-order valence-corrected chi connectivity index (χ2v) is 3.35. The highest BCUT2D eigenvalue weighted by molar-refractivity contribution is 5.87. The minimum atomic E-state index is -1.30. The Morgan fingerprint density at radius 2 is 1.69 bits per heavy atom. The number of carbonyl (C=O) groups is 2. The molecule has 0 aromatic heterocycles. The van der Waals surface area contributed by atoms with E-state index in [1.165, 1.54) is 13.8 Å². The maximum Gasteiger partial charge on any atom is 0.335 e. The molecule has 0 amide bonds. The molecule has 0 radical (unpaired) electrons.